The minimum Gasteiger partial charge on any atom is -0.360 e. The molecule has 7 nitrogen and oxygen atoms in total. The summed E-state index contributed by atoms with van der Waals surface area (Å²) in [5.41, 5.74) is 5.43. The average Bonchev–Trinajstić information content (AvgIpc) is 3.56. The molecule has 3 heterocycles. The van der Waals surface area contributed by atoms with Gasteiger partial charge in [-0.05, 0) is 36.8 Å². The molecule has 0 saturated carbocycles. The highest BCUT2D eigenvalue weighted by Crippen LogP contribution is 2.30. The van der Waals surface area contributed by atoms with Gasteiger partial charge in [0.2, 0.25) is 0 Å². The van der Waals surface area contributed by atoms with Gasteiger partial charge >= 0.3 is 0 Å². The molecule has 0 aliphatic rings. The average molecular weight is 422 g/mol. The van der Waals surface area contributed by atoms with Crippen LogP contribution in [0.25, 0.3) is 33.7 Å². The second kappa shape index (κ2) is 8.85. The fourth-order valence-electron chi connectivity index (χ4n) is 3.64. The van der Waals surface area contributed by atoms with Gasteiger partial charge in [-0.1, -0.05) is 30.3 Å². The normalized spacial score (nSPS) is 11.0. The van der Waals surface area contributed by atoms with Crippen molar-refractivity contribution in [2.45, 2.75) is 13.0 Å². The number of aromatic nitrogens is 5. The van der Waals surface area contributed by atoms with Crippen LogP contribution in [0.5, 0.6) is 0 Å². The van der Waals surface area contributed by atoms with Crippen molar-refractivity contribution < 1.29 is 4.79 Å². The van der Waals surface area contributed by atoms with Crippen molar-refractivity contribution in [1.29, 1.82) is 0 Å². The van der Waals surface area contributed by atoms with Gasteiger partial charge < -0.3 is 14.9 Å². The maximum atomic E-state index is 12.7. The van der Waals surface area contributed by atoms with Gasteiger partial charge in [-0.25, -0.2) is 15.0 Å². The third-order valence-electron chi connectivity index (χ3n) is 5.26. The number of hydrogen-bond donors (Lipinski definition) is 2. The molecular weight excluding hydrogens is 400 g/mol. The highest BCUT2D eigenvalue weighted by molar-refractivity contribution is 5.98. The number of hydrogen-bond acceptors (Lipinski definition) is 4. The highest BCUT2D eigenvalue weighted by atomic mass is 16.1. The lowest BCUT2D eigenvalue weighted by Gasteiger charge is -2.11. The van der Waals surface area contributed by atoms with E-state index in [9.17, 15) is 4.79 Å². The Balaban J connectivity index is 1.42. The third-order valence-corrected chi connectivity index (χ3v) is 5.26. The van der Waals surface area contributed by atoms with E-state index in [-0.39, 0.29) is 5.91 Å². The molecule has 0 radical (unpaired) electrons. The van der Waals surface area contributed by atoms with Crippen LogP contribution in [0.2, 0.25) is 0 Å². The van der Waals surface area contributed by atoms with E-state index >= 15 is 0 Å². The number of carbonyl (C=O) groups excluding carboxylic acids is 1. The maximum absolute atomic E-state index is 12.7. The minimum atomic E-state index is -0.117. The van der Waals surface area contributed by atoms with Gasteiger partial charge in [-0.3, -0.25) is 4.79 Å². The lowest BCUT2D eigenvalue weighted by Crippen LogP contribution is -2.25. The number of imidazole rings is 1. The van der Waals surface area contributed by atoms with Crippen LogP contribution in [0.1, 0.15) is 16.8 Å². The fraction of sp³-hybridized carbons (Fsp3) is 0.120. The zero-order valence-electron chi connectivity index (χ0n) is 17.4. The van der Waals surface area contributed by atoms with E-state index in [1.54, 1.807) is 24.7 Å². The van der Waals surface area contributed by atoms with Crippen molar-refractivity contribution in [2.24, 2.45) is 0 Å². The summed E-state index contributed by atoms with van der Waals surface area (Å²) in [6.07, 6.45) is 8.13. The standard InChI is InChI=1S/C25H22N6O/c32-25(28-12-5-14-31-15-13-26-17-31)19-9-10-20-22(16-19)30-23(18-6-2-1-3-7-18)24(29-20)21-8-4-11-27-21/h1-4,6-11,13,15-17,27H,5,12,14H2,(H,28,32). The van der Waals surface area contributed by atoms with E-state index in [2.05, 4.69) is 15.3 Å². The number of aryl methyl sites for hydroxylation is 1. The van der Waals surface area contributed by atoms with Gasteiger partial charge in [0.1, 0.15) is 5.69 Å². The summed E-state index contributed by atoms with van der Waals surface area (Å²) in [4.78, 5) is 29.7. The molecular formula is C25H22N6O. The molecule has 32 heavy (non-hydrogen) atoms. The van der Waals surface area contributed by atoms with E-state index in [0.29, 0.717) is 17.6 Å². The highest BCUT2D eigenvalue weighted by Gasteiger charge is 2.15. The second-order valence-electron chi connectivity index (χ2n) is 7.48. The van der Waals surface area contributed by atoms with Crippen molar-refractivity contribution in [3.8, 4) is 22.6 Å². The smallest absolute Gasteiger partial charge is 0.251 e. The lowest BCUT2D eigenvalue weighted by atomic mass is 10.1. The number of fused-ring (bicyclic) bond motifs is 1. The van der Waals surface area contributed by atoms with Crippen LogP contribution >= 0.6 is 0 Å². The number of nitrogens with one attached hydrogen (secondary N) is 2. The van der Waals surface area contributed by atoms with Crippen molar-refractivity contribution in [2.75, 3.05) is 6.54 Å². The van der Waals surface area contributed by atoms with Gasteiger partial charge in [-0.2, -0.15) is 0 Å². The number of benzene rings is 2. The Morgan fingerprint density at radius 1 is 0.969 bits per heavy atom. The summed E-state index contributed by atoms with van der Waals surface area (Å²) in [5, 5.41) is 2.98. The molecule has 0 saturated heterocycles. The van der Waals surface area contributed by atoms with Crippen LogP contribution in [0.3, 0.4) is 0 Å². The van der Waals surface area contributed by atoms with Crippen LogP contribution in [-0.4, -0.2) is 37.0 Å². The molecule has 0 atom stereocenters. The second-order valence-corrected chi connectivity index (χ2v) is 7.48. The van der Waals surface area contributed by atoms with Crippen molar-refractivity contribution in [3.63, 3.8) is 0 Å². The Bertz CT molecular complexity index is 1330. The number of aromatic amines is 1. The summed E-state index contributed by atoms with van der Waals surface area (Å²) in [7, 11) is 0. The first-order chi connectivity index (χ1) is 15.8. The van der Waals surface area contributed by atoms with Crippen molar-refractivity contribution in [1.82, 2.24) is 29.8 Å². The third kappa shape index (κ3) is 4.13. The molecule has 3 aromatic heterocycles. The molecule has 5 aromatic rings. The van der Waals surface area contributed by atoms with E-state index in [0.717, 1.165) is 41.1 Å². The van der Waals surface area contributed by atoms with Crippen LogP contribution in [0.15, 0.2) is 85.6 Å². The van der Waals surface area contributed by atoms with Gasteiger partial charge in [0.25, 0.3) is 5.91 Å². The quantitative estimate of drug-likeness (QED) is 0.383. The lowest BCUT2D eigenvalue weighted by molar-refractivity contribution is 0.0953. The molecule has 0 bridgehead atoms. The van der Waals surface area contributed by atoms with E-state index in [1.807, 2.05) is 65.5 Å². The molecule has 0 fully saturated rings. The topological polar surface area (TPSA) is 88.5 Å². The molecule has 7 heteroatoms. The molecule has 0 spiro atoms. The fourth-order valence-corrected chi connectivity index (χ4v) is 3.64. The van der Waals surface area contributed by atoms with Crippen LogP contribution in [0.4, 0.5) is 0 Å². The Hall–Kier alpha value is -4.26. The molecule has 0 aliphatic carbocycles. The largest absolute Gasteiger partial charge is 0.360 e. The Morgan fingerprint density at radius 2 is 1.84 bits per heavy atom. The number of nitrogens with zero attached hydrogens (tertiary/aromatic N) is 4. The predicted molar refractivity (Wildman–Crippen MR) is 124 cm³/mol. The first kappa shape index (κ1) is 19.7. The zero-order valence-corrected chi connectivity index (χ0v) is 17.4. The first-order valence-corrected chi connectivity index (χ1v) is 10.5. The number of rotatable bonds is 7. The molecule has 0 unspecified atom stereocenters. The van der Waals surface area contributed by atoms with Crippen LogP contribution in [-0.2, 0) is 6.54 Å². The summed E-state index contributed by atoms with van der Waals surface area (Å²) in [6.45, 7) is 1.40. The monoisotopic (exact) mass is 422 g/mol. The summed E-state index contributed by atoms with van der Waals surface area (Å²) < 4.78 is 1.99. The molecule has 0 aliphatic heterocycles. The first-order valence-electron chi connectivity index (χ1n) is 10.5. The van der Waals surface area contributed by atoms with Gasteiger partial charge in [0.15, 0.2) is 0 Å². The van der Waals surface area contributed by atoms with Crippen molar-refractivity contribution >= 4 is 16.9 Å². The van der Waals surface area contributed by atoms with E-state index in [1.165, 1.54) is 0 Å². The Kier molecular flexibility index (Phi) is 5.45. The summed E-state index contributed by atoms with van der Waals surface area (Å²) >= 11 is 0. The van der Waals surface area contributed by atoms with Gasteiger partial charge in [0, 0.05) is 42.8 Å². The molecule has 2 aromatic carbocycles. The van der Waals surface area contributed by atoms with Crippen LogP contribution < -0.4 is 5.32 Å². The SMILES string of the molecule is O=C(NCCCn1ccnc1)c1ccc2nc(-c3ccc[nH]3)c(-c3ccccc3)nc2c1. The Morgan fingerprint density at radius 3 is 2.62 bits per heavy atom. The van der Waals surface area contributed by atoms with Gasteiger partial charge in [0.05, 0.1) is 28.7 Å². The number of amides is 1. The minimum absolute atomic E-state index is 0.117. The molecule has 1 amide bonds. The number of H-pyrrole nitrogens is 1. The maximum Gasteiger partial charge on any atom is 0.251 e. The molecule has 158 valence electrons. The summed E-state index contributed by atoms with van der Waals surface area (Å²) in [6, 6.07) is 19.3. The molecule has 5 rings (SSSR count). The summed E-state index contributed by atoms with van der Waals surface area (Å²) in [5.74, 6) is -0.117. The van der Waals surface area contributed by atoms with E-state index < -0.39 is 0 Å². The zero-order chi connectivity index (χ0) is 21.8. The Labute approximate surface area is 185 Å². The molecule has 2 N–H and O–H groups in total. The van der Waals surface area contributed by atoms with Crippen LogP contribution in [0, 0.1) is 0 Å². The van der Waals surface area contributed by atoms with Gasteiger partial charge in [-0.15, -0.1) is 0 Å². The van der Waals surface area contributed by atoms with Crippen molar-refractivity contribution in [3.05, 3.63) is 91.1 Å². The predicted octanol–water partition coefficient (Wildman–Crippen LogP) is 4.31. The number of carbonyl (C=O) groups is 1. The van der Waals surface area contributed by atoms with E-state index in [4.69, 9.17) is 9.97 Å².